The van der Waals surface area contributed by atoms with Crippen molar-refractivity contribution >= 4 is 0 Å². The molecule has 0 N–H and O–H groups in total. The fourth-order valence-electron chi connectivity index (χ4n) is 1.94. The van der Waals surface area contributed by atoms with Crippen molar-refractivity contribution in [3.8, 4) is 0 Å². The van der Waals surface area contributed by atoms with Crippen molar-refractivity contribution in [2.75, 3.05) is 0 Å². The van der Waals surface area contributed by atoms with Crippen LogP contribution < -0.4 is 33.9 Å². The van der Waals surface area contributed by atoms with E-state index in [2.05, 4.69) is 61.1 Å². The van der Waals surface area contributed by atoms with E-state index in [0.29, 0.717) is 0 Å². The molecule has 2 unspecified atom stereocenters. The maximum atomic E-state index is 6.03. The summed E-state index contributed by atoms with van der Waals surface area (Å²) < 4.78 is 10.2. The lowest BCUT2D eigenvalue weighted by atomic mass is 10.3. The lowest BCUT2D eigenvalue weighted by molar-refractivity contribution is -0.820. The summed E-state index contributed by atoms with van der Waals surface area (Å²) in [6, 6.07) is 8.35. The molecule has 2 atom stereocenters. The van der Waals surface area contributed by atoms with Gasteiger partial charge in [0.1, 0.15) is 0 Å². The van der Waals surface area contributed by atoms with E-state index < -0.39 is 0 Å². The van der Waals surface area contributed by atoms with Crippen LogP contribution in [0.15, 0.2) is 49.1 Å². The first-order valence-electron chi connectivity index (χ1n) is 6.66. The Bertz CT molecular complexity index is 479. The molecule has 0 aliphatic heterocycles. The number of aromatic nitrogens is 2. The zero-order valence-electron chi connectivity index (χ0n) is 12.8. The zero-order valence-corrected chi connectivity index (χ0v) is 14.3. The molecule has 2 rings (SSSR count). The van der Waals surface area contributed by atoms with Gasteiger partial charge in [-0.2, -0.15) is 9.13 Å². The van der Waals surface area contributed by atoms with Crippen LogP contribution in [0.5, 0.6) is 0 Å². The Morgan fingerprint density at radius 1 is 0.714 bits per heavy atom. The summed E-state index contributed by atoms with van der Waals surface area (Å²) in [5.74, 6) is 0. The van der Waals surface area contributed by atoms with Gasteiger partial charge in [0.25, 0.3) is 12.5 Å². The summed E-state index contributed by atoms with van der Waals surface area (Å²) in [5.41, 5.74) is 2.51. The van der Waals surface area contributed by atoms with E-state index in [4.69, 9.17) is 4.74 Å². The van der Waals surface area contributed by atoms with Gasteiger partial charge in [0.2, 0.25) is 0 Å². The summed E-state index contributed by atoms with van der Waals surface area (Å²) in [4.78, 5) is 0. The first kappa shape index (κ1) is 19.8. The molecule has 2 aromatic heterocycles. The van der Waals surface area contributed by atoms with Crippen LogP contribution in [0.2, 0.25) is 0 Å². The number of rotatable bonds is 4. The van der Waals surface area contributed by atoms with E-state index in [1.165, 1.54) is 11.1 Å². The van der Waals surface area contributed by atoms with Crippen molar-refractivity contribution in [2.24, 2.45) is 0 Å². The van der Waals surface area contributed by atoms with Gasteiger partial charge in [-0.25, -0.2) is 0 Å². The molecule has 2 aromatic rings. The van der Waals surface area contributed by atoms with Gasteiger partial charge in [-0.05, 0) is 25.0 Å². The summed E-state index contributed by atoms with van der Waals surface area (Å²) >= 11 is 0. The second-order valence-corrected chi connectivity index (χ2v) is 4.98. The van der Waals surface area contributed by atoms with Gasteiger partial charge < -0.3 is 24.8 Å². The van der Waals surface area contributed by atoms with Crippen molar-refractivity contribution in [3.63, 3.8) is 0 Å². The Morgan fingerprint density at radius 3 is 1.29 bits per heavy atom. The number of ether oxygens (including phenoxy) is 1. The zero-order chi connectivity index (χ0) is 13.8. The average Bonchev–Trinajstić information content (AvgIpc) is 2.40. The normalized spacial score (nSPS) is 12.8. The summed E-state index contributed by atoms with van der Waals surface area (Å²) in [5, 5.41) is 0. The third kappa shape index (κ3) is 5.62. The number of hydrogen-bond donors (Lipinski definition) is 0. The molecule has 0 aromatic carbocycles. The second-order valence-electron chi connectivity index (χ2n) is 4.98. The van der Waals surface area contributed by atoms with Gasteiger partial charge in [0.05, 0.1) is 0 Å². The Hall–Kier alpha value is -1.16. The van der Waals surface area contributed by atoms with Crippen molar-refractivity contribution < 1.29 is 38.7 Å². The lowest BCUT2D eigenvalue weighted by Crippen LogP contribution is -3.00. The first-order chi connectivity index (χ1) is 9.06. The molecule has 116 valence electrons. The molecule has 0 radical (unpaired) electrons. The highest BCUT2D eigenvalue weighted by Gasteiger charge is 2.21. The lowest BCUT2D eigenvalue weighted by Gasteiger charge is -2.12. The molecule has 3 nitrogen and oxygen atoms in total. The number of pyridine rings is 2. The highest BCUT2D eigenvalue weighted by molar-refractivity contribution is 5.03. The minimum absolute atomic E-state index is 0. The molecule has 21 heavy (non-hydrogen) atoms. The van der Waals surface area contributed by atoms with Crippen LogP contribution in [0.4, 0.5) is 0 Å². The maximum Gasteiger partial charge on any atom is 0.264 e. The number of halogens is 2. The summed E-state index contributed by atoms with van der Waals surface area (Å²) in [7, 11) is 0. The first-order valence-corrected chi connectivity index (χ1v) is 6.66. The molecule has 0 saturated carbocycles. The van der Waals surface area contributed by atoms with E-state index >= 15 is 0 Å². The largest absolute Gasteiger partial charge is 1.00 e. The predicted octanol–water partition coefficient (Wildman–Crippen LogP) is -3.36. The van der Waals surface area contributed by atoms with Gasteiger partial charge in [-0.1, -0.05) is 0 Å². The van der Waals surface area contributed by atoms with Crippen LogP contribution in [0.3, 0.4) is 0 Å². The van der Waals surface area contributed by atoms with Crippen LogP contribution in [-0.2, 0) is 4.74 Å². The SMILES string of the molecule is Cc1cc[n+](C(C)OC(C)[n+]2ccc(C)cc2)cc1.[Cl-].[Cl-]. The van der Waals surface area contributed by atoms with Crippen LogP contribution in [0.25, 0.3) is 0 Å². The van der Waals surface area contributed by atoms with Gasteiger partial charge in [-0.15, -0.1) is 0 Å². The molecule has 2 heterocycles. The van der Waals surface area contributed by atoms with Gasteiger partial charge >= 0.3 is 0 Å². The minimum Gasteiger partial charge on any atom is -1.00 e. The second kappa shape index (κ2) is 8.98. The molecule has 0 aliphatic carbocycles. The predicted molar refractivity (Wildman–Crippen MR) is 73.3 cm³/mol. The number of hydrogen-bond acceptors (Lipinski definition) is 1. The van der Waals surface area contributed by atoms with Crippen LogP contribution in [0.1, 0.15) is 37.4 Å². The highest BCUT2D eigenvalue weighted by atomic mass is 35.5. The molecular weight excluding hydrogens is 307 g/mol. The molecular formula is C16H22Cl2N2O. The van der Waals surface area contributed by atoms with Crippen LogP contribution in [0, 0.1) is 13.8 Å². The van der Waals surface area contributed by atoms with Gasteiger partial charge in [-0.3, -0.25) is 4.74 Å². The van der Waals surface area contributed by atoms with E-state index in [1.54, 1.807) is 0 Å². The van der Waals surface area contributed by atoms with Crippen molar-refractivity contribution in [1.82, 2.24) is 0 Å². The molecule has 0 saturated heterocycles. The van der Waals surface area contributed by atoms with E-state index in [9.17, 15) is 0 Å². The summed E-state index contributed by atoms with van der Waals surface area (Å²) in [6.07, 6.45) is 8.20. The van der Waals surface area contributed by atoms with Crippen molar-refractivity contribution in [3.05, 3.63) is 60.2 Å². The van der Waals surface area contributed by atoms with Gasteiger partial charge in [0, 0.05) is 38.1 Å². The van der Waals surface area contributed by atoms with Crippen molar-refractivity contribution in [1.29, 1.82) is 0 Å². The number of nitrogens with zero attached hydrogens (tertiary/aromatic N) is 2. The molecule has 0 amide bonds. The van der Waals surface area contributed by atoms with E-state index in [-0.39, 0.29) is 37.3 Å². The van der Waals surface area contributed by atoms with Crippen LogP contribution in [-0.4, -0.2) is 0 Å². The smallest absolute Gasteiger partial charge is 0.264 e. The molecule has 0 bridgehead atoms. The van der Waals surface area contributed by atoms with Gasteiger partial charge in [0.15, 0.2) is 24.8 Å². The quantitative estimate of drug-likeness (QED) is 0.536. The van der Waals surface area contributed by atoms with E-state index in [1.807, 2.05) is 24.8 Å². The molecule has 0 fully saturated rings. The highest BCUT2D eigenvalue weighted by Crippen LogP contribution is 2.07. The Balaban J connectivity index is 0.00000200. The molecule has 0 aliphatic rings. The number of aryl methyl sites for hydroxylation is 2. The van der Waals surface area contributed by atoms with Crippen LogP contribution >= 0.6 is 0 Å². The summed E-state index contributed by atoms with van der Waals surface area (Å²) in [6.45, 7) is 8.28. The minimum atomic E-state index is 0. The molecule has 0 spiro atoms. The standard InChI is InChI=1S/C16H22N2O.2ClH/c1-13-5-9-17(10-6-13)15(3)19-16(4)18-11-7-14(2)8-12-18;;/h5-12,15-16H,1-4H3;2*1H/q+2;;/p-2. The third-order valence-electron chi connectivity index (χ3n) is 3.27. The average molecular weight is 329 g/mol. The van der Waals surface area contributed by atoms with Crippen molar-refractivity contribution in [2.45, 2.75) is 40.2 Å². The Kier molecular flexibility index (Phi) is 8.48. The maximum absolute atomic E-state index is 6.03. The third-order valence-corrected chi connectivity index (χ3v) is 3.27. The van der Waals surface area contributed by atoms with E-state index in [0.717, 1.165) is 0 Å². The fourth-order valence-corrected chi connectivity index (χ4v) is 1.94. The topological polar surface area (TPSA) is 17.0 Å². The Morgan fingerprint density at radius 2 is 1.00 bits per heavy atom. The molecule has 5 heteroatoms. The monoisotopic (exact) mass is 328 g/mol. The fraction of sp³-hybridized carbons (Fsp3) is 0.375. The Labute approximate surface area is 139 Å².